The quantitative estimate of drug-likeness (QED) is 0.121. The number of sulfone groups is 2. The molecule has 0 radical (unpaired) electrons. The zero-order valence-electron chi connectivity index (χ0n) is 36.8. The number of methoxy groups -OCH3 is 4. The van der Waals surface area contributed by atoms with Crippen LogP contribution in [0, 0.1) is 0 Å². The molecule has 2 saturated carbocycles. The van der Waals surface area contributed by atoms with E-state index in [2.05, 4.69) is 40.3 Å². The zero-order chi connectivity index (χ0) is 45.9. The second-order valence-corrected chi connectivity index (χ2v) is 22.5. The van der Waals surface area contributed by atoms with Crippen molar-refractivity contribution in [1.82, 2.24) is 49.5 Å². The van der Waals surface area contributed by atoms with Gasteiger partial charge in [0.1, 0.15) is 47.0 Å². The maximum Gasteiger partial charge on any atom is 0.163 e. The van der Waals surface area contributed by atoms with Gasteiger partial charge in [-0.05, 0) is 52.4 Å². The van der Waals surface area contributed by atoms with Crippen molar-refractivity contribution in [2.24, 2.45) is 0 Å². The first-order valence-electron chi connectivity index (χ1n) is 21.1. The number of hydrogen-bond acceptors (Lipinski definition) is 18. The maximum atomic E-state index is 13.4. The Labute approximate surface area is 383 Å². The van der Waals surface area contributed by atoms with Crippen molar-refractivity contribution in [3.05, 3.63) is 69.8 Å². The third-order valence-electron chi connectivity index (χ3n) is 12.5. The topological polar surface area (TPSA) is 237 Å². The van der Waals surface area contributed by atoms with Crippen LogP contribution in [0.15, 0.2) is 24.8 Å². The third kappa shape index (κ3) is 10.5. The minimum Gasteiger partial charge on any atom is -0.382 e. The number of rotatable bonds is 20. The van der Waals surface area contributed by atoms with Crippen molar-refractivity contribution in [2.45, 2.75) is 109 Å². The summed E-state index contributed by atoms with van der Waals surface area (Å²) in [7, 11) is -1.22. The highest BCUT2D eigenvalue weighted by Gasteiger charge is 2.51. The highest BCUT2D eigenvalue weighted by Crippen LogP contribution is 2.48. The highest BCUT2D eigenvalue weighted by atomic mass is 35.5. The van der Waals surface area contributed by atoms with Gasteiger partial charge in [-0.2, -0.15) is 0 Å². The Morgan fingerprint density at radius 1 is 0.641 bits per heavy atom. The van der Waals surface area contributed by atoms with Crippen molar-refractivity contribution in [1.29, 1.82) is 0 Å². The molecule has 0 aromatic carbocycles. The normalized spacial score (nSPS) is 22.1. The van der Waals surface area contributed by atoms with Crippen LogP contribution < -0.4 is 0 Å². The number of halogens is 2. The lowest BCUT2D eigenvalue weighted by atomic mass is 10.1. The molecule has 6 heterocycles. The van der Waals surface area contributed by atoms with Crippen molar-refractivity contribution in [3.63, 3.8) is 0 Å². The molecule has 4 aromatic heterocycles. The summed E-state index contributed by atoms with van der Waals surface area (Å²) in [6, 6.07) is 0. The molecule has 0 bridgehead atoms. The average molecular weight is 972 g/mol. The first-order chi connectivity index (χ1) is 30.6. The number of hydrogen-bond donors (Lipinski definition) is 0. The zero-order valence-corrected chi connectivity index (χ0v) is 39.9. The van der Waals surface area contributed by atoms with E-state index in [4.69, 9.17) is 51.6 Å². The van der Waals surface area contributed by atoms with E-state index in [1.54, 1.807) is 28.1 Å². The first kappa shape index (κ1) is 48.6. The minimum atomic E-state index is -3.70. The molecule has 0 amide bonds. The molecule has 64 heavy (non-hydrogen) atoms. The predicted octanol–water partition coefficient (Wildman–Crippen LogP) is 4.10. The van der Waals surface area contributed by atoms with E-state index in [1.165, 1.54) is 39.0 Å². The predicted molar refractivity (Wildman–Crippen MR) is 232 cm³/mol. The lowest BCUT2D eigenvalue weighted by Gasteiger charge is -2.24. The van der Waals surface area contributed by atoms with Gasteiger partial charge in [-0.1, -0.05) is 23.2 Å². The maximum absolute atomic E-state index is 13.4. The van der Waals surface area contributed by atoms with E-state index < -0.39 is 42.4 Å². The van der Waals surface area contributed by atoms with Crippen LogP contribution in [0.4, 0.5) is 0 Å². The van der Waals surface area contributed by atoms with E-state index >= 15 is 0 Å². The Bertz CT molecular complexity index is 2240. The van der Waals surface area contributed by atoms with Crippen LogP contribution in [-0.4, -0.2) is 145 Å². The molecule has 0 unspecified atom stereocenters. The van der Waals surface area contributed by atoms with Gasteiger partial charge >= 0.3 is 0 Å². The van der Waals surface area contributed by atoms with Crippen LogP contribution in [0.1, 0.15) is 111 Å². The van der Waals surface area contributed by atoms with Gasteiger partial charge in [0.25, 0.3) is 0 Å². The van der Waals surface area contributed by atoms with Gasteiger partial charge in [-0.25, -0.2) is 36.8 Å². The van der Waals surface area contributed by atoms with Crippen molar-refractivity contribution >= 4 is 42.9 Å². The number of aromatic nitrogens is 10. The molecule has 0 N–H and O–H groups in total. The van der Waals surface area contributed by atoms with E-state index in [-0.39, 0.29) is 46.1 Å². The Morgan fingerprint density at radius 3 is 1.28 bits per heavy atom. The molecule has 2 aliphatic carbocycles. The summed E-state index contributed by atoms with van der Waals surface area (Å²) in [4.78, 5) is 16.6. The summed E-state index contributed by atoms with van der Waals surface area (Å²) >= 11 is 11.7. The fourth-order valence-electron chi connectivity index (χ4n) is 8.53. The Morgan fingerprint density at radius 2 is 1.00 bits per heavy atom. The summed E-state index contributed by atoms with van der Waals surface area (Å²) in [5.41, 5.74) is -0.603. The fraction of sp³-hybridized carbons (Fsp3) is 0.700. The molecule has 8 rings (SSSR count). The van der Waals surface area contributed by atoms with Crippen molar-refractivity contribution in [2.75, 3.05) is 68.1 Å². The largest absolute Gasteiger partial charge is 0.382 e. The molecule has 24 heteroatoms. The van der Waals surface area contributed by atoms with Crippen LogP contribution in [0.25, 0.3) is 0 Å². The average Bonchev–Trinajstić information content (AvgIpc) is 3.79. The molecule has 20 nitrogen and oxygen atoms in total. The van der Waals surface area contributed by atoms with Gasteiger partial charge in [0.2, 0.25) is 0 Å². The first-order valence-corrected chi connectivity index (χ1v) is 25.3. The Hall–Kier alpha value is -3.32. The van der Waals surface area contributed by atoms with Gasteiger partial charge in [0, 0.05) is 78.3 Å². The summed E-state index contributed by atoms with van der Waals surface area (Å²) in [6.45, 7) is 6.59. The van der Waals surface area contributed by atoms with Crippen molar-refractivity contribution in [3.8, 4) is 0 Å². The van der Waals surface area contributed by atoms with E-state index in [0.29, 0.717) is 61.3 Å². The molecular formula is C40H56Cl2N10O10S2. The van der Waals surface area contributed by atoms with Gasteiger partial charge in [0.15, 0.2) is 31.3 Å². The minimum absolute atomic E-state index is 0.0971. The van der Waals surface area contributed by atoms with Crippen molar-refractivity contribution < 1.29 is 45.3 Å². The van der Waals surface area contributed by atoms with Gasteiger partial charge < -0.3 is 37.6 Å². The molecule has 0 spiro atoms. The Kier molecular flexibility index (Phi) is 15.4. The van der Waals surface area contributed by atoms with Crippen LogP contribution in [0.3, 0.4) is 0 Å². The molecule has 4 aromatic rings. The lowest BCUT2D eigenvalue weighted by Crippen LogP contribution is -2.32. The molecular weight excluding hydrogens is 916 g/mol. The van der Waals surface area contributed by atoms with E-state index in [1.807, 2.05) is 9.13 Å². The second kappa shape index (κ2) is 20.3. The summed E-state index contributed by atoms with van der Waals surface area (Å²) in [6.07, 6.45) is 9.23. The van der Waals surface area contributed by atoms with E-state index in [0.717, 1.165) is 50.2 Å². The monoisotopic (exact) mass is 970 g/mol. The lowest BCUT2D eigenvalue weighted by molar-refractivity contribution is 0.0947. The molecule has 6 atom stereocenters. The fourth-order valence-corrected chi connectivity index (χ4v) is 11.6. The number of ether oxygens (including phenoxy) is 6. The number of nitrogens with zero attached hydrogens (tertiary/aromatic N) is 10. The molecule has 2 aliphatic heterocycles. The van der Waals surface area contributed by atoms with Gasteiger partial charge in [0.05, 0.1) is 58.1 Å². The van der Waals surface area contributed by atoms with Crippen LogP contribution in [0.2, 0.25) is 10.0 Å². The van der Waals surface area contributed by atoms with Gasteiger partial charge in [-0.3, -0.25) is 0 Å². The summed E-state index contributed by atoms with van der Waals surface area (Å²) < 4.78 is 90.7. The van der Waals surface area contributed by atoms with Crippen LogP contribution >= 0.6 is 23.2 Å². The highest BCUT2D eigenvalue weighted by molar-refractivity contribution is 7.91. The molecule has 4 aliphatic rings. The smallest absolute Gasteiger partial charge is 0.163 e. The molecule has 352 valence electrons. The van der Waals surface area contributed by atoms with Crippen LogP contribution in [0.5, 0.6) is 0 Å². The summed E-state index contributed by atoms with van der Waals surface area (Å²) in [5, 5.41) is 16.4. The molecule has 4 fully saturated rings. The standard InChI is InChI=1S/2C20H28ClN5O5S/c2*1-13(17(30-3)18-22-8-15(21)9-23-18)32(27,28)11-16-24-25-19(14-4-7-31-10-14)26(16)20(5-6-20)12-29-2/h2*8-9,13-14,17H,4-7,10-12H2,1-3H3/t13-,14+,17-;13-,14-,17-/m00/s1. The second-order valence-electron chi connectivity index (χ2n) is 16.9. The molecule has 2 saturated heterocycles. The van der Waals surface area contributed by atoms with Gasteiger partial charge in [-0.15, -0.1) is 20.4 Å². The van der Waals surface area contributed by atoms with E-state index in [9.17, 15) is 16.8 Å². The van der Waals surface area contributed by atoms with Crippen LogP contribution in [-0.2, 0) is 70.7 Å². The summed E-state index contributed by atoms with van der Waals surface area (Å²) in [5.74, 6) is 2.56. The SMILES string of the molecule is COCC1(n2c(CS(=O)(=O)[C@@H](C)[C@H](OC)c3ncc(Cl)cn3)nnc2[C@@H]2CCOC2)CC1.COCC1(n2c(CS(=O)(=O)[C@@H](C)[C@H](OC)c3ncc(Cl)cn3)nnc2[C@H]2CCOC2)CC1. The third-order valence-corrected chi connectivity index (χ3v) is 16.9. The Balaban J connectivity index is 0.000000191.